The molecule has 1 saturated carbocycles. The highest BCUT2D eigenvalue weighted by atomic mass is 19.3. The van der Waals surface area contributed by atoms with Gasteiger partial charge in [-0.3, -0.25) is 48.5 Å². The fraction of sp³-hybridized carbons (Fsp3) is 0.500. The van der Waals surface area contributed by atoms with Gasteiger partial charge in [-0.05, 0) is 92.3 Å². The minimum Gasteiger partial charge on any atom is -0.369 e. The van der Waals surface area contributed by atoms with Gasteiger partial charge in [0.25, 0.3) is 18.2 Å². The number of alkyl halides is 2. The van der Waals surface area contributed by atoms with E-state index in [9.17, 15) is 32.8 Å². The molecule has 2 aromatic heterocycles. The number of hydrogen-bond donors (Lipinski definition) is 1. The number of piperazine rings is 1. The van der Waals surface area contributed by atoms with Gasteiger partial charge in [0.05, 0.1) is 29.9 Å². The van der Waals surface area contributed by atoms with E-state index in [-0.39, 0.29) is 35.9 Å². The average Bonchev–Trinajstić information content (AvgIpc) is 3.96. The van der Waals surface area contributed by atoms with Gasteiger partial charge in [0.1, 0.15) is 6.04 Å². The number of amides is 5. The summed E-state index contributed by atoms with van der Waals surface area (Å²) >= 11 is 0. The van der Waals surface area contributed by atoms with Gasteiger partial charge in [0.15, 0.2) is 5.82 Å². The summed E-state index contributed by atoms with van der Waals surface area (Å²) in [6, 6.07) is 8.08. The van der Waals surface area contributed by atoms with E-state index < -0.39 is 36.1 Å². The average molecular weight is 863 g/mol. The number of piperidine rings is 1. The number of carbonyl (C=O) groups excluding carboxylic acids is 5. The molecule has 1 unspecified atom stereocenters. The largest absolute Gasteiger partial charge is 0.369 e. The van der Waals surface area contributed by atoms with Crippen molar-refractivity contribution in [3.63, 3.8) is 0 Å². The van der Waals surface area contributed by atoms with Crippen LogP contribution in [0.25, 0.3) is 11.1 Å². The number of rotatable bonds is 8. The second kappa shape index (κ2) is 16.3. The van der Waals surface area contributed by atoms with Crippen LogP contribution in [0.3, 0.4) is 0 Å². The molecular formula is C46H52F2N10O5. The molecule has 10 rings (SSSR count). The lowest BCUT2D eigenvalue weighted by Gasteiger charge is -2.39. The molecule has 15 nitrogen and oxygen atoms in total. The van der Waals surface area contributed by atoms with Crippen molar-refractivity contribution < 1.29 is 32.8 Å². The zero-order chi connectivity index (χ0) is 43.7. The van der Waals surface area contributed by atoms with Crippen LogP contribution in [0.1, 0.15) is 107 Å². The maximum absolute atomic E-state index is 14.7. The number of carbonyl (C=O) groups is 5. The molecule has 0 radical (unpaired) electrons. The fourth-order valence-corrected chi connectivity index (χ4v) is 10.9. The van der Waals surface area contributed by atoms with Crippen LogP contribution in [0.4, 0.5) is 26.0 Å². The Bertz CT molecular complexity index is 2520. The van der Waals surface area contributed by atoms with E-state index in [1.807, 2.05) is 17.0 Å². The molecule has 2 aromatic carbocycles. The van der Waals surface area contributed by atoms with E-state index in [2.05, 4.69) is 29.8 Å². The summed E-state index contributed by atoms with van der Waals surface area (Å²) in [6.07, 6.45) is 7.33. The van der Waals surface area contributed by atoms with Crippen LogP contribution in [-0.4, -0.2) is 116 Å². The predicted molar refractivity (Wildman–Crippen MR) is 229 cm³/mol. The summed E-state index contributed by atoms with van der Waals surface area (Å²) in [5.74, 6) is -0.701. The molecule has 3 fully saturated rings. The third-order valence-electron chi connectivity index (χ3n) is 14.2. The zero-order valence-corrected chi connectivity index (χ0v) is 35.7. The van der Waals surface area contributed by atoms with Gasteiger partial charge in [-0.1, -0.05) is 0 Å². The lowest BCUT2D eigenvalue weighted by Crippen LogP contribution is -2.54. The van der Waals surface area contributed by atoms with Crippen LogP contribution in [0.15, 0.2) is 42.7 Å². The molecule has 0 spiro atoms. The highest BCUT2D eigenvalue weighted by Crippen LogP contribution is 2.44. The van der Waals surface area contributed by atoms with Crippen molar-refractivity contribution in [1.29, 1.82) is 0 Å². The Hall–Kier alpha value is -5.97. The molecule has 1 N–H and O–H groups in total. The zero-order valence-electron chi connectivity index (χ0n) is 35.7. The lowest BCUT2D eigenvalue weighted by atomic mass is 9.85. The third-order valence-corrected chi connectivity index (χ3v) is 14.2. The lowest BCUT2D eigenvalue weighted by molar-refractivity contribution is -0.136. The smallest absolute Gasteiger partial charge is 0.264 e. The maximum Gasteiger partial charge on any atom is 0.264 e. The molecule has 17 heteroatoms. The number of fused-ring (bicyclic) bond motifs is 3. The summed E-state index contributed by atoms with van der Waals surface area (Å²) in [7, 11) is 1.78. The van der Waals surface area contributed by atoms with Gasteiger partial charge < -0.3 is 14.7 Å². The number of aryl methyl sites for hydroxylation is 2. The number of nitrogens with one attached hydrogen (secondary N) is 1. The third kappa shape index (κ3) is 7.46. The summed E-state index contributed by atoms with van der Waals surface area (Å²) in [6.45, 7) is 7.59. The Labute approximate surface area is 363 Å². The standard InChI is InChI=1S/C46H52F2N10O5/c1-27(59)55-15-13-38-37(26-55)43(56-14-3-4-29-20-34(30-23-49-52(2)25-30)35(42(47)48)22-40(29)56)51-58(38)31-7-5-28(6-8-31)24-53-16-18-54(19-17-53)32-9-10-33-36(21-32)46(63)57(45(33)62)39-11-12-41(60)50-44(39)61/h9-10,20-23,25,28,31,39,42H,3-8,11-19,24,26H2,1-2H3,(H,50,60,61). The molecular weight excluding hydrogens is 811 g/mol. The topological polar surface area (TPSA) is 149 Å². The van der Waals surface area contributed by atoms with Crippen molar-refractivity contribution in [3.8, 4) is 11.1 Å². The number of imide groups is 2. The van der Waals surface area contributed by atoms with E-state index in [1.165, 1.54) is 0 Å². The van der Waals surface area contributed by atoms with Crippen molar-refractivity contribution in [2.75, 3.05) is 55.6 Å². The molecule has 1 atom stereocenters. The van der Waals surface area contributed by atoms with Crippen LogP contribution in [-0.2, 0) is 40.8 Å². The van der Waals surface area contributed by atoms with Crippen LogP contribution < -0.4 is 15.1 Å². The Balaban J connectivity index is 0.805. The first-order valence-electron chi connectivity index (χ1n) is 22.3. The van der Waals surface area contributed by atoms with Gasteiger partial charge in [0.2, 0.25) is 17.7 Å². The number of benzene rings is 2. The highest BCUT2D eigenvalue weighted by Gasteiger charge is 2.45. The fourth-order valence-electron chi connectivity index (χ4n) is 10.9. The molecule has 2 saturated heterocycles. The second-order valence-electron chi connectivity index (χ2n) is 18.1. The normalized spacial score (nSPS) is 23.0. The summed E-state index contributed by atoms with van der Waals surface area (Å²) in [4.78, 5) is 73.2. The van der Waals surface area contributed by atoms with Gasteiger partial charge in [-0.15, -0.1) is 0 Å². The molecule has 6 aliphatic rings. The van der Waals surface area contributed by atoms with Crippen molar-refractivity contribution >= 4 is 46.7 Å². The summed E-state index contributed by atoms with van der Waals surface area (Å²) < 4.78 is 33.3. The van der Waals surface area contributed by atoms with Crippen LogP contribution in [0.2, 0.25) is 0 Å². The maximum atomic E-state index is 14.7. The van der Waals surface area contributed by atoms with E-state index in [4.69, 9.17) is 5.10 Å². The molecule has 5 amide bonds. The number of anilines is 3. The Kier molecular flexibility index (Phi) is 10.6. The van der Waals surface area contributed by atoms with Gasteiger partial charge in [-0.25, -0.2) is 8.78 Å². The first-order valence-corrected chi connectivity index (χ1v) is 22.3. The van der Waals surface area contributed by atoms with Gasteiger partial charge in [0, 0.05) is 113 Å². The first kappa shape index (κ1) is 41.1. The summed E-state index contributed by atoms with van der Waals surface area (Å²) in [5.41, 5.74) is 6.52. The molecule has 63 heavy (non-hydrogen) atoms. The summed E-state index contributed by atoms with van der Waals surface area (Å²) in [5, 5.41) is 11.8. The molecule has 0 bridgehead atoms. The Morgan fingerprint density at radius 1 is 0.873 bits per heavy atom. The van der Waals surface area contributed by atoms with Crippen molar-refractivity contribution in [1.82, 2.24) is 39.6 Å². The van der Waals surface area contributed by atoms with Crippen LogP contribution in [0.5, 0.6) is 0 Å². The van der Waals surface area contributed by atoms with E-state index >= 15 is 0 Å². The number of aromatic nitrogens is 4. The molecule has 7 heterocycles. The number of nitrogens with zero attached hydrogens (tertiary/aromatic N) is 9. The van der Waals surface area contributed by atoms with E-state index in [1.54, 1.807) is 49.2 Å². The molecule has 1 aliphatic carbocycles. The number of halogens is 2. The Morgan fingerprint density at radius 2 is 1.65 bits per heavy atom. The quantitative estimate of drug-likeness (QED) is 0.236. The van der Waals surface area contributed by atoms with Crippen molar-refractivity contribution in [2.24, 2.45) is 13.0 Å². The van der Waals surface area contributed by atoms with Crippen molar-refractivity contribution in [3.05, 3.63) is 76.2 Å². The van der Waals surface area contributed by atoms with Crippen LogP contribution in [0, 0.1) is 5.92 Å². The molecule has 330 valence electrons. The van der Waals surface area contributed by atoms with Crippen molar-refractivity contribution in [2.45, 2.75) is 89.8 Å². The number of hydrogen-bond acceptors (Lipinski definition) is 10. The minimum absolute atomic E-state index is 0.0121. The SMILES string of the molecule is CC(=O)N1CCc2c(c(N3CCCc4cc(-c5cnn(C)c5)c(C(F)F)cc43)nn2C2CCC(CN3CCN(c4ccc5c(c4)C(=O)N(C4CCC(=O)NC4=O)C5=O)CC3)CC2)C1. The first-order chi connectivity index (χ1) is 30.4. The van der Waals surface area contributed by atoms with Gasteiger partial charge >= 0.3 is 0 Å². The molecule has 4 aromatic rings. The Morgan fingerprint density at radius 3 is 2.37 bits per heavy atom. The monoisotopic (exact) mass is 862 g/mol. The van der Waals surface area contributed by atoms with Gasteiger partial charge in [-0.2, -0.15) is 10.2 Å². The van der Waals surface area contributed by atoms with Crippen LogP contribution >= 0.6 is 0 Å². The van der Waals surface area contributed by atoms with E-state index in [0.29, 0.717) is 48.7 Å². The molecule has 5 aliphatic heterocycles. The highest BCUT2D eigenvalue weighted by molar-refractivity contribution is 6.23. The van der Waals surface area contributed by atoms with E-state index in [0.717, 1.165) is 110 Å². The minimum atomic E-state index is -2.67. The predicted octanol–water partition coefficient (Wildman–Crippen LogP) is 5.16. The second-order valence-corrected chi connectivity index (χ2v) is 18.1.